The molecule has 1 saturated heterocycles. The predicted molar refractivity (Wildman–Crippen MR) is 73.0 cm³/mol. The average Bonchev–Trinajstić information content (AvgIpc) is 2.30. The van der Waals surface area contributed by atoms with Crippen LogP contribution in [-0.4, -0.2) is 63.9 Å². The lowest BCUT2D eigenvalue weighted by atomic mass is 10.1. The Bertz CT molecular complexity index is 423. The first-order valence-electron chi connectivity index (χ1n) is 6.78. The van der Waals surface area contributed by atoms with Gasteiger partial charge in [-0.25, -0.2) is 9.59 Å². The molecule has 21 heavy (non-hydrogen) atoms. The maximum atomic E-state index is 12.1. The molecule has 0 aromatic carbocycles. The first kappa shape index (κ1) is 17.2. The number of amides is 2. The van der Waals surface area contributed by atoms with E-state index in [2.05, 4.69) is 5.32 Å². The van der Waals surface area contributed by atoms with Gasteiger partial charge in [-0.05, 0) is 27.2 Å². The molecule has 2 amide bonds. The van der Waals surface area contributed by atoms with Gasteiger partial charge in [-0.3, -0.25) is 4.79 Å². The Hall–Kier alpha value is -1.83. The van der Waals surface area contributed by atoms with E-state index in [1.54, 1.807) is 0 Å². The fraction of sp³-hybridized carbons (Fsp3) is 0.769. The highest BCUT2D eigenvalue weighted by Crippen LogP contribution is 2.20. The Balaban J connectivity index is 2.64. The summed E-state index contributed by atoms with van der Waals surface area (Å²) < 4.78 is 5.67. The van der Waals surface area contributed by atoms with E-state index in [4.69, 9.17) is 14.9 Å². The lowest BCUT2D eigenvalue weighted by molar-refractivity contribution is -0.140. The number of urea groups is 1. The molecule has 2 unspecified atom stereocenters. The second-order valence-corrected chi connectivity index (χ2v) is 5.84. The SMILES string of the molecule is CC1CN(C(=O)NC(CCC(=O)O)C(=O)O)CC(C)(C)O1. The monoisotopic (exact) mass is 302 g/mol. The van der Waals surface area contributed by atoms with Crippen LogP contribution in [0.4, 0.5) is 4.79 Å². The standard InChI is InChI=1S/C13H22N2O6/c1-8-6-15(7-13(2,3)21-8)12(20)14-9(11(18)19)4-5-10(16)17/h8-9H,4-7H2,1-3H3,(H,14,20)(H,16,17)(H,18,19). The smallest absolute Gasteiger partial charge is 0.326 e. The molecule has 0 aliphatic carbocycles. The van der Waals surface area contributed by atoms with Crippen molar-refractivity contribution in [3.63, 3.8) is 0 Å². The summed E-state index contributed by atoms with van der Waals surface area (Å²) in [4.78, 5) is 35.2. The first-order valence-corrected chi connectivity index (χ1v) is 6.78. The van der Waals surface area contributed by atoms with E-state index in [1.807, 2.05) is 20.8 Å². The van der Waals surface area contributed by atoms with Gasteiger partial charge in [-0.2, -0.15) is 0 Å². The van der Waals surface area contributed by atoms with E-state index in [1.165, 1.54) is 4.90 Å². The average molecular weight is 302 g/mol. The molecule has 0 spiro atoms. The van der Waals surface area contributed by atoms with Crippen molar-refractivity contribution in [1.29, 1.82) is 0 Å². The second kappa shape index (κ2) is 6.75. The van der Waals surface area contributed by atoms with Crippen molar-refractivity contribution in [2.75, 3.05) is 13.1 Å². The molecule has 8 nitrogen and oxygen atoms in total. The molecular formula is C13H22N2O6. The summed E-state index contributed by atoms with van der Waals surface area (Å²) in [5, 5.41) is 20.0. The van der Waals surface area contributed by atoms with Crippen LogP contribution in [0.15, 0.2) is 0 Å². The number of carboxylic acids is 2. The van der Waals surface area contributed by atoms with Crippen LogP contribution in [0, 0.1) is 0 Å². The van der Waals surface area contributed by atoms with Crippen molar-refractivity contribution < 1.29 is 29.3 Å². The van der Waals surface area contributed by atoms with Gasteiger partial charge in [0.2, 0.25) is 0 Å². The molecule has 1 fully saturated rings. The van der Waals surface area contributed by atoms with Crippen molar-refractivity contribution in [1.82, 2.24) is 10.2 Å². The van der Waals surface area contributed by atoms with Crippen LogP contribution in [-0.2, 0) is 14.3 Å². The Kier molecular flexibility index (Phi) is 5.54. The number of rotatable bonds is 5. The van der Waals surface area contributed by atoms with Gasteiger partial charge in [-0.1, -0.05) is 0 Å². The summed E-state index contributed by atoms with van der Waals surface area (Å²) in [6.07, 6.45) is -0.621. The van der Waals surface area contributed by atoms with E-state index in [0.717, 1.165) is 0 Å². The first-order chi connectivity index (χ1) is 9.60. The quantitative estimate of drug-likeness (QED) is 0.681. The topological polar surface area (TPSA) is 116 Å². The van der Waals surface area contributed by atoms with Crippen LogP contribution in [0.1, 0.15) is 33.6 Å². The van der Waals surface area contributed by atoms with Crippen LogP contribution >= 0.6 is 0 Å². The number of carboxylic acid groups (broad SMARTS) is 2. The molecule has 0 bridgehead atoms. The number of aliphatic carboxylic acids is 2. The number of carbonyl (C=O) groups is 3. The summed E-state index contributed by atoms with van der Waals surface area (Å²) >= 11 is 0. The number of nitrogens with one attached hydrogen (secondary N) is 1. The third-order valence-corrected chi connectivity index (χ3v) is 3.10. The van der Waals surface area contributed by atoms with Crippen molar-refractivity contribution in [3.8, 4) is 0 Å². The molecule has 1 rings (SSSR count). The van der Waals surface area contributed by atoms with Crippen molar-refractivity contribution in [3.05, 3.63) is 0 Å². The summed E-state index contributed by atoms with van der Waals surface area (Å²) in [6.45, 7) is 6.24. The maximum Gasteiger partial charge on any atom is 0.326 e. The van der Waals surface area contributed by atoms with Gasteiger partial charge in [0.25, 0.3) is 0 Å². The van der Waals surface area contributed by atoms with Crippen molar-refractivity contribution in [2.24, 2.45) is 0 Å². The van der Waals surface area contributed by atoms with Crippen molar-refractivity contribution >= 4 is 18.0 Å². The minimum atomic E-state index is -1.25. The molecule has 1 heterocycles. The van der Waals surface area contributed by atoms with Crippen LogP contribution in [0.25, 0.3) is 0 Å². The zero-order chi connectivity index (χ0) is 16.2. The molecule has 0 aromatic rings. The van der Waals surface area contributed by atoms with Gasteiger partial charge in [0.1, 0.15) is 6.04 Å². The van der Waals surface area contributed by atoms with Gasteiger partial charge in [0, 0.05) is 13.0 Å². The third kappa shape index (κ3) is 5.58. The van der Waals surface area contributed by atoms with Crippen molar-refractivity contribution in [2.45, 2.75) is 51.4 Å². The normalized spacial score (nSPS) is 22.4. The lowest BCUT2D eigenvalue weighted by Crippen LogP contribution is -2.58. The van der Waals surface area contributed by atoms with E-state index < -0.39 is 29.6 Å². The zero-order valence-electron chi connectivity index (χ0n) is 12.5. The van der Waals surface area contributed by atoms with Crippen LogP contribution in [0.3, 0.4) is 0 Å². The summed E-state index contributed by atoms with van der Waals surface area (Å²) in [5.41, 5.74) is -0.505. The van der Waals surface area contributed by atoms with Crippen LogP contribution in [0.2, 0.25) is 0 Å². The number of carbonyl (C=O) groups excluding carboxylic acids is 1. The van der Waals surface area contributed by atoms with Gasteiger partial charge >= 0.3 is 18.0 Å². The summed E-state index contributed by atoms with van der Waals surface area (Å²) in [5.74, 6) is -2.35. The summed E-state index contributed by atoms with van der Waals surface area (Å²) in [7, 11) is 0. The van der Waals surface area contributed by atoms with E-state index in [0.29, 0.717) is 13.1 Å². The Morgan fingerprint density at radius 1 is 1.38 bits per heavy atom. The maximum absolute atomic E-state index is 12.1. The van der Waals surface area contributed by atoms with Crippen LogP contribution in [0.5, 0.6) is 0 Å². The van der Waals surface area contributed by atoms with E-state index in [-0.39, 0.29) is 18.9 Å². The number of ether oxygens (including phenoxy) is 1. The number of morpholine rings is 1. The molecule has 0 saturated carbocycles. The number of hydrogen-bond acceptors (Lipinski definition) is 4. The predicted octanol–water partition coefficient (Wildman–Crippen LogP) is 0.513. The molecule has 2 atom stereocenters. The fourth-order valence-corrected chi connectivity index (χ4v) is 2.37. The molecular weight excluding hydrogens is 280 g/mol. The molecule has 8 heteroatoms. The molecule has 0 radical (unpaired) electrons. The molecule has 120 valence electrons. The van der Waals surface area contributed by atoms with E-state index in [9.17, 15) is 14.4 Å². The summed E-state index contributed by atoms with van der Waals surface area (Å²) in [6, 6.07) is -1.73. The Morgan fingerprint density at radius 3 is 2.48 bits per heavy atom. The molecule has 1 aliphatic heterocycles. The van der Waals surface area contributed by atoms with E-state index >= 15 is 0 Å². The number of nitrogens with zero attached hydrogens (tertiary/aromatic N) is 1. The van der Waals surface area contributed by atoms with Gasteiger partial charge in [0.15, 0.2) is 0 Å². The largest absolute Gasteiger partial charge is 0.481 e. The minimum Gasteiger partial charge on any atom is -0.481 e. The highest BCUT2D eigenvalue weighted by atomic mass is 16.5. The molecule has 3 N–H and O–H groups in total. The highest BCUT2D eigenvalue weighted by molar-refractivity contribution is 5.83. The number of hydrogen-bond donors (Lipinski definition) is 3. The Morgan fingerprint density at radius 2 is 2.00 bits per heavy atom. The minimum absolute atomic E-state index is 0.151. The fourth-order valence-electron chi connectivity index (χ4n) is 2.37. The lowest BCUT2D eigenvalue weighted by Gasteiger charge is -2.41. The van der Waals surface area contributed by atoms with Gasteiger partial charge in [-0.15, -0.1) is 0 Å². The third-order valence-electron chi connectivity index (χ3n) is 3.10. The second-order valence-electron chi connectivity index (χ2n) is 5.84. The Labute approximate surface area is 123 Å². The molecule has 0 aromatic heterocycles. The highest BCUT2D eigenvalue weighted by Gasteiger charge is 2.35. The van der Waals surface area contributed by atoms with Gasteiger partial charge in [0.05, 0.1) is 18.2 Å². The van der Waals surface area contributed by atoms with Crippen LogP contribution < -0.4 is 5.32 Å². The van der Waals surface area contributed by atoms with Gasteiger partial charge < -0.3 is 25.2 Å². The zero-order valence-corrected chi connectivity index (χ0v) is 12.5. The molecule has 1 aliphatic rings.